The zero-order chi connectivity index (χ0) is 15.9. The number of fused-ring (bicyclic) bond motifs is 1. The van der Waals surface area contributed by atoms with Gasteiger partial charge in [0.25, 0.3) is 0 Å². The van der Waals surface area contributed by atoms with Gasteiger partial charge in [-0.25, -0.2) is 4.79 Å². The summed E-state index contributed by atoms with van der Waals surface area (Å²) < 4.78 is 0. The lowest BCUT2D eigenvalue weighted by atomic mass is 9.76. The largest absolute Gasteiger partial charge is 0.478 e. The van der Waals surface area contributed by atoms with Crippen LogP contribution in [0.25, 0.3) is 0 Å². The van der Waals surface area contributed by atoms with Crippen molar-refractivity contribution in [3.8, 4) is 0 Å². The molecule has 0 amide bonds. The smallest absolute Gasteiger partial charge is 0.338 e. The van der Waals surface area contributed by atoms with E-state index in [-0.39, 0.29) is 5.41 Å². The topological polar surface area (TPSA) is 98.2 Å². The van der Waals surface area contributed by atoms with Crippen LogP contribution in [0.5, 0.6) is 0 Å². The first-order valence-corrected chi connectivity index (χ1v) is 8.01. The molecule has 1 aliphatic rings. The van der Waals surface area contributed by atoms with Gasteiger partial charge in [0.05, 0.1) is 11.3 Å². The number of aromatic nitrogens is 2. The van der Waals surface area contributed by atoms with Crippen LogP contribution in [0.15, 0.2) is 12.3 Å². The molecule has 0 aliphatic heterocycles. The Morgan fingerprint density at radius 2 is 2.32 bits per heavy atom. The Morgan fingerprint density at radius 1 is 1.55 bits per heavy atom. The maximum absolute atomic E-state index is 11.7. The van der Waals surface area contributed by atoms with Crippen molar-refractivity contribution in [1.82, 2.24) is 10.2 Å². The first-order valence-electron chi connectivity index (χ1n) is 7.19. The lowest BCUT2D eigenvalue weighted by molar-refractivity contribution is 0.0696. The van der Waals surface area contributed by atoms with Gasteiger partial charge < -0.3 is 15.5 Å². The Labute approximate surface area is 132 Å². The van der Waals surface area contributed by atoms with Crippen LogP contribution in [-0.4, -0.2) is 26.4 Å². The minimum Gasteiger partial charge on any atom is -0.478 e. The number of nitrogens with one attached hydrogen (secondary N) is 2. The highest BCUT2D eigenvalue weighted by molar-refractivity contribution is 7.16. The molecule has 1 atom stereocenters. The minimum absolute atomic E-state index is 0.109. The maximum Gasteiger partial charge on any atom is 0.338 e. The lowest BCUT2D eigenvalue weighted by Crippen LogP contribution is -2.22. The molecule has 1 aliphatic carbocycles. The van der Waals surface area contributed by atoms with Crippen molar-refractivity contribution in [1.29, 1.82) is 0 Å². The third kappa shape index (κ3) is 2.74. The van der Waals surface area contributed by atoms with Crippen LogP contribution in [-0.2, 0) is 12.8 Å². The van der Waals surface area contributed by atoms with Gasteiger partial charge >= 0.3 is 5.97 Å². The van der Waals surface area contributed by atoms with Gasteiger partial charge in [-0.3, -0.25) is 5.10 Å². The predicted octanol–water partition coefficient (Wildman–Crippen LogP) is 2.79. The third-order valence-corrected chi connectivity index (χ3v) is 5.30. The van der Waals surface area contributed by atoms with Crippen molar-refractivity contribution >= 4 is 22.3 Å². The normalized spacial score (nSPS) is 17.8. The van der Waals surface area contributed by atoms with Gasteiger partial charge in [-0.15, -0.1) is 11.3 Å². The second-order valence-electron chi connectivity index (χ2n) is 6.41. The van der Waals surface area contributed by atoms with Gasteiger partial charge in [-0.05, 0) is 36.3 Å². The van der Waals surface area contributed by atoms with E-state index in [1.165, 1.54) is 11.3 Å². The average molecular weight is 321 g/mol. The van der Waals surface area contributed by atoms with Crippen LogP contribution in [0.2, 0.25) is 0 Å². The average Bonchev–Trinajstić information content (AvgIpc) is 3.04. The molecule has 6 nitrogen and oxygen atoms in total. The summed E-state index contributed by atoms with van der Waals surface area (Å²) >= 11 is 1.43. The molecule has 22 heavy (non-hydrogen) atoms. The van der Waals surface area contributed by atoms with Crippen molar-refractivity contribution in [2.45, 2.75) is 39.3 Å². The van der Waals surface area contributed by atoms with E-state index < -0.39 is 12.2 Å². The predicted molar refractivity (Wildman–Crippen MR) is 84.3 cm³/mol. The molecule has 3 rings (SSSR count). The third-order valence-electron chi connectivity index (χ3n) is 4.07. The number of nitrogens with zero attached hydrogens (tertiary/aromatic N) is 1. The molecule has 2 aromatic heterocycles. The van der Waals surface area contributed by atoms with Crippen LogP contribution in [0.1, 0.15) is 53.0 Å². The van der Waals surface area contributed by atoms with E-state index in [0.717, 1.165) is 29.7 Å². The zero-order valence-electron chi connectivity index (χ0n) is 12.5. The van der Waals surface area contributed by atoms with Crippen LogP contribution >= 0.6 is 11.3 Å². The number of aryl methyl sites for hydroxylation is 1. The number of carboxylic acid groups (broad SMARTS) is 1. The summed E-state index contributed by atoms with van der Waals surface area (Å²) in [5.41, 5.74) is 1.82. The van der Waals surface area contributed by atoms with Gasteiger partial charge in [0.2, 0.25) is 0 Å². The molecule has 0 fully saturated rings. The first-order chi connectivity index (χ1) is 10.4. The molecule has 7 heteroatoms. The number of carboxylic acids is 1. The van der Waals surface area contributed by atoms with E-state index in [2.05, 4.69) is 29.4 Å². The van der Waals surface area contributed by atoms with Gasteiger partial charge in [-0.2, -0.15) is 5.10 Å². The number of anilines is 1. The Morgan fingerprint density at radius 3 is 2.95 bits per heavy atom. The van der Waals surface area contributed by atoms with Gasteiger partial charge in [0.1, 0.15) is 5.00 Å². The molecule has 2 aromatic rings. The van der Waals surface area contributed by atoms with E-state index in [0.29, 0.717) is 16.3 Å². The summed E-state index contributed by atoms with van der Waals surface area (Å²) in [4.78, 5) is 12.8. The monoisotopic (exact) mass is 321 g/mol. The maximum atomic E-state index is 11.7. The number of H-pyrrole nitrogens is 1. The molecule has 2 heterocycles. The highest BCUT2D eigenvalue weighted by atomic mass is 32.1. The number of thiophene rings is 1. The first kappa shape index (κ1) is 15.1. The van der Waals surface area contributed by atoms with E-state index in [1.54, 1.807) is 12.3 Å². The second kappa shape index (κ2) is 5.40. The molecule has 0 radical (unpaired) electrons. The van der Waals surface area contributed by atoms with E-state index in [4.69, 9.17) is 0 Å². The number of carbonyl (C=O) groups is 1. The fourth-order valence-corrected chi connectivity index (χ4v) is 4.10. The molecular weight excluding hydrogens is 302 g/mol. The van der Waals surface area contributed by atoms with Crippen molar-refractivity contribution in [2.75, 3.05) is 5.32 Å². The standard InChI is InChI=1S/C15H19N3O3S/c1-15(2)5-3-10-8(7-15)11(14(20)21)13(22-10)17-12(19)9-4-6-16-18-9/h4,6,12,17,19H,3,5,7H2,1-2H3,(H,16,18)(H,20,21). The molecule has 4 N–H and O–H groups in total. The Bertz CT molecular complexity index is 691. The van der Waals surface area contributed by atoms with Gasteiger partial charge in [-0.1, -0.05) is 13.8 Å². The summed E-state index contributed by atoms with van der Waals surface area (Å²) in [7, 11) is 0. The fourth-order valence-electron chi connectivity index (χ4n) is 2.87. The number of aliphatic hydroxyl groups excluding tert-OH is 1. The van der Waals surface area contributed by atoms with Gasteiger partial charge in [0.15, 0.2) is 6.23 Å². The highest BCUT2D eigenvalue weighted by Gasteiger charge is 2.33. The second-order valence-corrected chi connectivity index (χ2v) is 7.52. The highest BCUT2D eigenvalue weighted by Crippen LogP contribution is 2.44. The Kier molecular flexibility index (Phi) is 3.70. The summed E-state index contributed by atoms with van der Waals surface area (Å²) in [6.45, 7) is 4.32. The molecule has 0 bridgehead atoms. The summed E-state index contributed by atoms with van der Waals surface area (Å²) in [6, 6.07) is 1.65. The molecule has 0 spiro atoms. The molecule has 0 aromatic carbocycles. The Balaban J connectivity index is 1.95. The SMILES string of the molecule is CC1(C)CCc2sc(NC(O)c3ccn[nH]3)c(C(=O)O)c2C1. The van der Waals surface area contributed by atoms with E-state index >= 15 is 0 Å². The molecule has 1 unspecified atom stereocenters. The van der Waals surface area contributed by atoms with E-state index in [1.807, 2.05) is 0 Å². The number of aliphatic hydroxyl groups is 1. The van der Waals surface area contributed by atoms with Crippen molar-refractivity contribution in [3.05, 3.63) is 34.0 Å². The van der Waals surface area contributed by atoms with Crippen LogP contribution in [0, 0.1) is 5.41 Å². The number of hydrogen-bond donors (Lipinski definition) is 4. The number of aromatic amines is 1. The minimum atomic E-state index is -1.01. The van der Waals surface area contributed by atoms with Crippen LogP contribution < -0.4 is 5.32 Å². The van der Waals surface area contributed by atoms with Crippen LogP contribution in [0.4, 0.5) is 5.00 Å². The fraction of sp³-hybridized carbons (Fsp3) is 0.467. The zero-order valence-corrected chi connectivity index (χ0v) is 13.3. The lowest BCUT2D eigenvalue weighted by Gasteiger charge is -2.29. The molecular formula is C15H19N3O3S. The van der Waals surface area contributed by atoms with Crippen molar-refractivity contribution in [2.24, 2.45) is 5.41 Å². The number of aromatic carboxylic acids is 1. The van der Waals surface area contributed by atoms with Crippen molar-refractivity contribution < 1.29 is 15.0 Å². The Hall–Kier alpha value is -1.86. The van der Waals surface area contributed by atoms with E-state index in [9.17, 15) is 15.0 Å². The number of hydrogen-bond acceptors (Lipinski definition) is 5. The quantitative estimate of drug-likeness (QED) is 0.649. The van der Waals surface area contributed by atoms with Gasteiger partial charge in [0, 0.05) is 11.1 Å². The molecule has 0 saturated carbocycles. The van der Waals surface area contributed by atoms with Crippen molar-refractivity contribution in [3.63, 3.8) is 0 Å². The van der Waals surface area contributed by atoms with Crippen LogP contribution in [0.3, 0.4) is 0 Å². The summed E-state index contributed by atoms with van der Waals surface area (Å²) in [6.07, 6.45) is 3.22. The molecule has 0 saturated heterocycles. The molecule has 118 valence electrons. The number of rotatable bonds is 4. The summed E-state index contributed by atoms with van der Waals surface area (Å²) in [5, 5.41) is 29.6. The summed E-state index contributed by atoms with van der Waals surface area (Å²) in [5.74, 6) is -0.950.